The highest BCUT2D eigenvalue weighted by molar-refractivity contribution is 7.11. The van der Waals surface area contributed by atoms with E-state index in [1.54, 1.807) is 11.3 Å². The van der Waals surface area contributed by atoms with Crippen LogP contribution in [0.5, 0.6) is 0 Å². The van der Waals surface area contributed by atoms with E-state index in [1.807, 2.05) is 0 Å². The van der Waals surface area contributed by atoms with Crippen LogP contribution in [0.2, 0.25) is 0 Å². The van der Waals surface area contributed by atoms with Crippen LogP contribution in [0, 0.1) is 0 Å². The zero-order chi connectivity index (χ0) is 9.80. The van der Waals surface area contributed by atoms with E-state index < -0.39 is 0 Å². The summed E-state index contributed by atoms with van der Waals surface area (Å²) in [5.41, 5.74) is 0. The largest absolute Gasteiger partial charge is 0.371 e. The first-order valence-corrected chi connectivity index (χ1v) is 5.86. The van der Waals surface area contributed by atoms with Crippen molar-refractivity contribution in [1.82, 2.24) is 15.5 Å². The van der Waals surface area contributed by atoms with E-state index in [2.05, 4.69) is 22.4 Å². The van der Waals surface area contributed by atoms with Gasteiger partial charge in [-0.15, -0.1) is 10.2 Å². The zero-order valence-electron chi connectivity index (χ0n) is 8.32. The molecule has 0 amide bonds. The SMILES string of the molecule is CCNCc1nnc(C2CCCO2)s1. The summed E-state index contributed by atoms with van der Waals surface area (Å²) in [6, 6.07) is 0. The van der Waals surface area contributed by atoms with Crippen LogP contribution in [0.4, 0.5) is 0 Å². The summed E-state index contributed by atoms with van der Waals surface area (Å²) in [6.45, 7) is 4.74. The molecule has 1 atom stereocenters. The molecule has 14 heavy (non-hydrogen) atoms. The number of nitrogens with zero attached hydrogens (tertiary/aromatic N) is 2. The van der Waals surface area contributed by atoms with E-state index in [4.69, 9.17) is 4.74 Å². The molecular formula is C9H15N3OS. The summed E-state index contributed by atoms with van der Waals surface area (Å²) in [5.74, 6) is 0. The minimum Gasteiger partial charge on any atom is -0.371 e. The van der Waals surface area contributed by atoms with Crippen LogP contribution in [0.3, 0.4) is 0 Å². The van der Waals surface area contributed by atoms with Crippen molar-refractivity contribution >= 4 is 11.3 Å². The van der Waals surface area contributed by atoms with Crippen molar-refractivity contribution in [2.24, 2.45) is 0 Å². The topological polar surface area (TPSA) is 47.0 Å². The Morgan fingerprint density at radius 1 is 1.57 bits per heavy atom. The average Bonchev–Trinajstić information content (AvgIpc) is 2.85. The summed E-state index contributed by atoms with van der Waals surface area (Å²) >= 11 is 1.66. The third kappa shape index (κ3) is 2.29. The molecule has 2 rings (SSSR count). The fourth-order valence-electron chi connectivity index (χ4n) is 1.47. The third-order valence-electron chi connectivity index (χ3n) is 2.21. The van der Waals surface area contributed by atoms with Crippen molar-refractivity contribution in [3.05, 3.63) is 10.0 Å². The summed E-state index contributed by atoms with van der Waals surface area (Å²) in [7, 11) is 0. The van der Waals surface area contributed by atoms with Crippen LogP contribution in [-0.4, -0.2) is 23.3 Å². The Morgan fingerprint density at radius 2 is 2.50 bits per heavy atom. The molecule has 0 saturated carbocycles. The van der Waals surface area contributed by atoms with Gasteiger partial charge in [0, 0.05) is 13.2 Å². The Kier molecular flexibility index (Phi) is 3.44. The lowest BCUT2D eigenvalue weighted by Gasteiger charge is -2.01. The molecule has 1 N–H and O–H groups in total. The Morgan fingerprint density at radius 3 is 3.21 bits per heavy atom. The summed E-state index contributed by atoms with van der Waals surface area (Å²) in [6.07, 6.45) is 2.45. The fourth-order valence-corrected chi connectivity index (χ4v) is 2.37. The molecule has 0 radical (unpaired) electrons. The lowest BCUT2D eigenvalue weighted by Crippen LogP contribution is -2.11. The number of hydrogen-bond donors (Lipinski definition) is 1. The Balaban J connectivity index is 1.94. The first kappa shape index (κ1) is 10.0. The monoisotopic (exact) mass is 213 g/mol. The molecule has 1 unspecified atom stereocenters. The van der Waals surface area contributed by atoms with Gasteiger partial charge < -0.3 is 10.1 Å². The van der Waals surface area contributed by atoms with Gasteiger partial charge in [-0.1, -0.05) is 18.3 Å². The third-order valence-corrected chi connectivity index (χ3v) is 3.23. The van der Waals surface area contributed by atoms with Crippen molar-refractivity contribution in [3.63, 3.8) is 0 Å². The average molecular weight is 213 g/mol. The fraction of sp³-hybridized carbons (Fsp3) is 0.778. The smallest absolute Gasteiger partial charge is 0.146 e. The van der Waals surface area contributed by atoms with Crippen molar-refractivity contribution in [1.29, 1.82) is 0 Å². The second-order valence-corrected chi connectivity index (χ2v) is 4.41. The molecular weight excluding hydrogens is 198 g/mol. The van der Waals surface area contributed by atoms with Gasteiger partial charge in [0.2, 0.25) is 0 Å². The second-order valence-electron chi connectivity index (χ2n) is 3.32. The van der Waals surface area contributed by atoms with Crippen molar-refractivity contribution < 1.29 is 4.74 Å². The molecule has 1 saturated heterocycles. The number of rotatable bonds is 4. The van der Waals surface area contributed by atoms with Gasteiger partial charge in [0.15, 0.2) is 0 Å². The molecule has 78 valence electrons. The van der Waals surface area contributed by atoms with Crippen LogP contribution in [-0.2, 0) is 11.3 Å². The molecule has 2 heterocycles. The number of aromatic nitrogens is 2. The highest BCUT2D eigenvalue weighted by Gasteiger charge is 2.21. The van der Waals surface area contributed by atoms with Crippen molar-refractivity contribution in [2.45, 2.75) is 32.4 Å². The maximum Gasteiger partial charge on any atom is 0.146 e. The quantitative estimate of drug-likeness (QED) is 0.823. The summed E-state index contributed by atoms with van der Waals surface area (Å²) in [5, 5.41) is 13.6. The van der Waals surface area contributed by atoms with Crippen LogP contribution in [0.1, 0.15) is 35.9 Å². The van der Waals surface area contributed by atoms with E-state index in [0.29, 0.717) is 0 Å². The highest BCUT2D eigenvalue weighted by atomic mass is 32.1. The van der Waals surface area contributed by atoms with E-state index in [-0.39, 0.29) is 6.10 Å². The predicted molar refractivity (Wildman–Crippen MR) is 55.2 cm³/mol. The van der Waals surface area contributed by atoms with Gasteiger partial charge in [-0.2, -0.15) is 0 Å². The molecule has 0 bridgehead atoms. The van der Waals surface area contributed by atoms with Gasteiger partial charge in [-0.25, -0.2) is 0 Å². The normalized spacial score (nSPS) is 21.6. The first-order valence-electron chi connectivity index (χ1n) is 5.04. The zero-order valence-corrected chi connectivity index (χ0v) is 9.14. The molecule has 1 aromatic heterocycles. The molecule has 4 nitrogen and oxygen atoms in total. The molecule has 1 aliphatic rings. The Labute approximate surface area is 87.7 Å². The first-order chi connectivity index (χ1) is 6.90. The minimum atomic E-state index is 0.211. The second kappa shape index (κ2) is 4.82. The Hall–Kier alpha value is -0.520. The van der Waals surface area contributed by atoms with E-state index in [9.17, 15) is 0 Å². The van der Waals surface area contributed by atoms with Gasteiger partial charge in [0.05, 0.1) is 0 Å². The van der Waals surface area contributed by atoms with E-state index in [1.165, 1.54) is 0 Å². The van der Waals surface area contributed by atoms with Crippen LogP contribution >= 0.6 is 11.3 Å². The minimum absolute atomic E-state index is 0.211. The van der Waals surface area contributed by atoms with Gasteiger partial charge in [-0.3, -0.25) is 0 Å². The molecule has 0 aromatic carbocycles. The molecule has 0 spiro atoms. The number of nitrogens with one attached hydrogen (secondary N) is 1. The van der Waals surface area contributed by atoms with E-state index >= 15 is 0 Å². The van der Waals surface area contributed by atoms with Crippen LogP contribution in [0.25, 0.3) is 0 Å². The summed E-state index contributed by atoms with van der Waals surface area (Å²) < 4.78 is 5.54. The van der Waals surface area contributed by atoms with Crippen LogP contribution in [0.15, 0.2) is 0 Å². The molecule has 0 aliphatic carbocycles. The Bertz CT molecular complexity index is 283. The standard InChI is InChI=1S/C9H15N3OS/c1-2-10-6-8-11-12-9(14-8)7-4-3-5-13-7/h7,10H,2-6H2,1H3. The van der Waals surface area contributed by atoms with Crippen LogP contribution < -0.4 is 5.32 Å². The lowest BCUT2D eigenvalue weighted by atomic mass is 10.2. The molecule has 5 heteroatoms. The maximum atomic E-state index is 5.54. The van der Waals surface area contributed by atoms with Gasteiger partial charge in [-0.05, 0) is 19.4 Å². The highest BCUT2D eigenvalue weighted by Crippen LogP contribution is 2.30. The molecule has 1 aliphatic heterocycles. The number of ether oxygens (including phenoxy) is 1. The predicted octanol–water partition coefficient (Wildman–Crippen LogP) is 1.50. The van der Waals surface area contributed by atoms with E-state index in [0.717, 1.165) is 42.6 Å². The van der Waals surface area contributed by atoms with Gasteiger partial charge >= 0.3 is 0 Å². The maximum absolute atomic E-state index is 5.54. The van der Waals surface area contributed by atoms with Crippen molar-refractivity contribution in [2.75, 3.05) is 13.2 Å². The van der Waals surface area contributed by atoms with Gasteiger partial charge in [0.25, 0.3) is 0 Å². The van der Waals surface area contributed by atoms with Gasteiger partial charge in [0.1, 0.15) is 16.1 Å². The molecule has 1 fully saturated rings. The van der Waals surface area contributed by atoms with Crippen molar-refractivity contribution in [3.8, 4) is 0 Å². The molecule has 1 aromatic rings. The summed E-state index contributed by atoms with van der Waals surface area (Å²) in [4.78, 5) is 0. The lowest BCUT2D eigenvalue weighted by molar-refractivity contribution is 0.111. The number of hydrogen-bond acceptors (Lipinski definition) is 5.